The molecular weight excluding hydrogens is 180 g/mol. The van der Waals surface area contributed by atoms with Crippen molar-refractivity contribution in [3.05, 3.63) is 0 Å². The number of aliphatic hydroxyl groups excluding tert-OH is 1. The van der Waals surface area contributed by atoms with Gasteiger partial charge in [0, 0.05) is 6.04 Å². The summed E-state index contributed by atoms with van der Waals surface area (Å²) >= 11 is 0. The minimum Gasteiger partial charge on any atom is -0.394 e. The van der Waals surface area contributed by atoms with Crippen molar-refractivity contribution >= 4 is 6.03 Å². The van der Waals surface area contributed by atoms with Crippen LogP contribution in [0.5, 0.6) is 0 Å². The fourth-order valence-corrected chi connectivity index (χ4v) is 1.94. The van der Waals surface area contributed by atoms with E-state index in [1.165, 1.54) is 6.42 Å². The highest BCUT2D eigenvalue weighted by Gasteiger charge is 2.38. The van der Waals surface area contributed by atoms with Crippen LogP contribution in [-0.4, -0.2) is 29.3 Å². The average molecular weight is 198 g/mol. The zero-order valence-electron chi connectivity index (χ0n) is 8.38. The standard InChI is InChI=1S/C10H18N2O2/c13-7-10(5-2-6-10)12-9(14)11-8-3-1-4-8/h8,13H,1-7H2,(H2,11,12,14). The first-order valence-electron chi connectivity index (χ1n) is 5.44. The molecule has 2 saturated carbocycles. The Morgan fingerprint density at radius 1 is 1.36 bits per heavy atom. The average Bonchev–Trinajstić information content (AvgIpc) is 2.04. The summed E-state index contributed by atoms with van der Waals surface area (Å²) in [6.07, 6.45) is 6.32. The van der Waals surface area contributed by atoms with E-state index in [9.17, 15) is 4.79 Å². The topological polar surface area (TPSA) is 61.4 Å². The summed E-state index contributed by atoms with van der Waals surface area (Å²) in [6, 6.07) is 0.259. The summed E-state index contributed by atoms with van der Waals surface area (Å²) < 4.78 is 0. The van der Waals surface area contributed by atoms with Crippen LogP contribution in [0.3, 0.4) is 0 Å². The van der Waals surface area contributed by atoms with Crippen molar-refractivity contribution in [2.75, 3.05) is 6.61 Å². The van der Waals surface area contributed by atoms with Crippen LogP contribution in [0, 0.1) is 0 Å². The minimum atomic E-state index is -0.312. The van der Waals surface area contributed by atoms with Gasteiger partial charge in [0.15, 0.2) is 0 Å². The maximum absolute atomic E-state index is 11.5. The zero-order valence-corrected chi connectivity index (χ0v) is 8.38. The van der Waals surface area contributed by atoms with Crippen molar-refractivity contribution in [1.29, 1.82) is 0 Å². The second-order valence-electron chi connectivity index (χ2n) is 4.52. The molecule has 0 radical (unpaired) electrons. The van der Waals surface area contributed by atoms with E-state index in [1.807, 2.05) is 0 Å². The van der Waals surface area contributed by atoms with Gasteiger partial charge in [0.2, 0.25) is 0 Å². The molecule has 0 aromatic carbocycles. The largest absolute Gasteiger partial charge is 0.394 e. The Morgan fingerprint density at radius 3 is 2.43 bits per heavy atom. The summed E-state index contributed by atoms with van der Waals surface area (Å²) in [5.74, 6) is 0. The molecule has 2 amide bonds. The molecule has 2 rings (SSSR count). The minimum absolute atomic E-state index is 0.0606. The quantitative estimate of drug-likeness (QED) is 0.626. The van der Waals surface area contributed by atoms with Crippen molar-refractivity contribution in [3.8, 4) is 0 Å². The van der Waals surface area contributed by atoms with E-state index < -0.39 is 0 Å². The summed E-state index contributed by atoms with van der Waals surface area (Å²) in [7, 11) is 0. The Kier molecular flexibility index (Phi) is 2.63. The lowest BCUT2D eigenvalue weighted by molar-refractivity contribution is 0.0944. The first kappa shape index (κ1) is 9.77. The highest BCUT2D eigenvalue weighted by Crippen LogP contribution is 2.31. The Balaban J connectivity index is 1.75. The van der Waals surface area contributed by atoms with Crippen molar-refractivity contribution in [2.24, 2.45) is 0 Å². The molecule has 0 heterocycles. The van der Waals surface area contributed by atoms with E-state index in [0.29, 0.717) is 6.04 Å². The van der Waals surface area contributed by atoms with Gasteiger partial charge in [-0.25, -0.2) is 4.79 Å². The molecule has 0 spiro atoms. The Labute approximate surface area is 84.1 Å². The molecule has 0 aromatic rings. The number of hydrogen-bond donors (Lipinski definition) is 3. The molecule has 4 heteroatoms. The van der Waals surface area contributed by atoms with E-state index in [-0.39, 0.29) is 18.2 Å². The molecule has 0 unspecified atom stereocenters. The predicted octanol–water partition coefficient (Wildman–Crippen LogP) is 0.753. The van der Waals surface area contributed by atoms with Crippen LogP contribution in [0.1, 0.15) is 38.5 Å². The van der Waals surface area contributed by atoms with E-state index >= 15 is 0 Å². The first-order chi connectivity index (χ1) is 6.74. The second-order valence-corrected chi connectivity index (χ2v) is 4.52. The highest BCUT2D eigenvalue weighted by atomic mass is 16.3. The van der Waals surface area contributed by atoms with Gasteiger partial charge in [0.1, 0.15) is 0 Å². The molecular formula is C10H18N2O2. The van der Waals surface area contributed by atoms with Crippen molar-refractivity contribution in [3.63, 3.8) is 0 Å². The van der Waals surface area contributed by atoms with Crippen LogP contribution in [0.4, 0.5) is 4.79 Å². The van der Waals surface area contributed by atoms with E-state index in [1.54, 1.807) is 0 Å². The molecule has 2 aliphatic rings. The molecule has 4 nitrogen and oxygen atoms in total. The van der Waals surface area contributed by atoms with E-state index in [2.05, 4.69) is 10.6 Å². The summed E-state index contributed by atoms with van der Waals surface area (Å²) in [4.78, 5) is 11.5. The van der Waals surface area contributed by atoms with Gasteiger partial charge < -0.3 is 15.7 Å². The number of hydrogen-bond acceptors (Lipinski definition) is 2. The molecule has 3 N–H and O–H groups in total. The number of aliphatic hydroxyl groups is 1. The molecule has 0 bridgehead atoms. The Bertz CT molecular complexity index is 217. The molecule has 0 aromatic heterocycles. The Hall–Kier alpha value is -0.770. The van der Waals surface area contributed by atoms with Gasteiger partial charge in [0.05, 0.1) is 12.1 Å². The monoisotopic (exact) mass is 198 g/mol. The normalized spacial score (nSPS) is 24.6. The lowest BCUT2D eigenvalue weighted by Gasteiger charge is -2.41. The van der Waals surface area contributed by atoms with Crippen LogP contribution in [-0.2, 0) is 0 Å². The number of carbonyl (C=O) groups is 1. The SMILES string of the molecule is O=C(NC1CCC1)NC1(CO)CCC1. The van der Waals surface area contributed by atoms with Gasteiger partial charge in [-0.15, -0.1) is 0 Å². The van der Waals surface area contributed by atoms with Crippen LogP contribution in [0.2, 0.25) is 0 Å². The van der Waals surface area contributed by atoms with Crippen LogP contribution in [0.15, 0.2) is 0 Å². The summed E-state index contributed by atoms with van der Waals surface area (Å²) in [5.41, 5.74) is -0.312. The van der Waals surface area contributed by atoms with Crippen molar-refractivity contribution in [2.45, 2.75) is 50.1 Å². The molecule has 0 atom stereocenters. The smallest absolute Gasteiger partial charge is 0.315 e. The summed E-state index contributed by atoms with van der Waals surface area (Å²) in [5, 5.41) is 14.9. The number of carbonyl (C=O) groups excluding carboxylic acids is 1. The maximum atomic E-state index is 11.5. The van der Waals surface area contributed by atoms with Crippen LogP contribution < -0.4 is 10.6 Å². The lowest BCUT2D eigenvalue weighted by Crippen LogP contribution is -2.60. The van der Waals surface area contributed by atoms with Crippen LogP contribution >= 0.6 is 0 Å². The molecule has 14 heavy (non-hydrogen) atoms. The van der Waals surface area contributed by atoms with Gasteiger partial charge in [-0.1, -0.05) is 0 Å². The van der Waals surface area contributed by atoms with E-state index in [4.69, 9.17) is 5.11 Å². The fourth-order valence-electron chi connectivity index (χ4n) is 1.94. The molecule has 0 saturated heterocycles. The molecule has 2 aliphatic carbocycles. The number of rotatable bonds is 3. The number of urea groups is 1. The third-order valence-electron chi connectivity index (χ3n) is 3.43. The van der Waals surface area contributed by atoms with Crippen molar-refractivity contribution < 1.29 is 9.90 Å². The lowest BCUT2D eigenvalue weighted by atomic mass is 9.77. The zero-order chi connectivity index (χ0) is 10.0. The van der Waals surface area contributed by atoms with Gasteiger partial charge in [-0.05, 0) is 38.5 Å². The number of nitrogens with one attached hydrogen (secondary N) is 2. The molecule has 0 aliphatic heterocycles. The third-order valence-corrected chi connectivity index (χ3v) is 3.43. The molecule has 2 fully saturated rings. The molecule has 80 valence electrons. The number of amides is 2. The van der Waals surface area contributed by atoms with Gasteiger partial charge in [-0.2, -0.15) is 0 Å². The summed E-state index contributed by atoms with van der Waals surface area (Å²) in [6.45, 7) is 0.0606. The van der Waals surface area contributed by atoms with Gasteiger partial charge >= 0.3 is 6.03 Å². The second kappa shape index (κ2) is 3.77. The third kappa shape index (κ3) is 1.85. The maximum Gasteiger partial charge on any atom is 0.315 e. The van der Waals surface area contributed by atoms with Crippen molar-refractivity contribution in [1.82, 2.24) is 10.6 Å². The van der Waals surface area contributed by atoms with Gasteiger partial charge in [-0.3, -0.25) is 0 Å². The van der Waals surface area contributed by atoms with E-state index in [0.717, 1.165) is 32.1 Å². The predicted molar refractivity (Wildman–Crippen MR) is 53.0 cm³/mol. The van der Waals surface area contributed by atoms with Gasteiger partial charge in [0.25, 0.3) is 0 Å². The fraction of sp³-hybridized carbons (Fsp3) is 0.900. The first-order valence-corrected chi connectivity index (χ1v) is 5.44. The Morgan fingerprint density at radius 2 is 2.07 bits per heavy atom. The van der Waals surface area contributed by atoms with Crippen LogP contribution in [0.25, 0.3) is 0 Å². The highest BCUT2D eigenvalue weighted by molar-refractivity contribution is 5.75.